The van der Waals surface area contributed by atoms with Gasteiger partial charge >= 0.3 is 0 Å². The van der Waals surface area contributed by atoms with E-state index in [1.54, 1.807) is 13.2 Å². The van der Waals surface area contributed by atoms with E-state index in [-0.39, 0.29) is 0 Å². The highest BCUT2D eigenvalue weighted by Gasteiger charge is 2.13. The summed E-state index contributed by atoms with van der Waals surface area (Å²) in [5.41, 5.74) is 1.56. The Balaban J connectivity index is 1.85. The van der Waals surface area contributed by atoms with Crippen LogP contribution in [-0.4, -0.2) is 69.6 Å². The van der Waals surface area contributed by atoms with Crippen LogP contribution in [0.4, 0.5) is 0 Å². The Morgan fingerprint density at radius 1 is 1.24 bits per heavy atom. The molecule has 1 saturated heterocycles. The predicted octanol–water partition coefficient (Wildman–Crippen LogP) is 1.27. The van der Waals surface area contributed by atoms with Crippen LogP contribution in [0.3, 0.4) is 0 Å². The van der Waals surface area contributed by atoms with Gasteiger partial charge in [-0.05, 0) is 25.2 Å². The molecule has 0 N–H and O–H groups in total. The molecular formula is C16H24N2O3. The lowest BCUT2D eigenvalue weighted by Crippen LogP contribution is -2.45. The van der Waals surface area contributed by atoms with Gasteiger partial charge in [-0.3, -0.25) is 9.69 Å². The number of carbonyl (C=O) groups excluding carboxylic acids is 1. The number of ether oxygens (including phenoxy) is 2. The van der Waals surface area contributed by atoms with E-state index in [4.69, 9.17) is 9.47 Å². The normalized spacial score (nSPS) is 16.9. The third-order valence-corrected chi connectivity index (χ3v) is 3.78. The zero-order valence-electron chi connectivity index (χ0n) is 12.9. The smallest absolute Gasteiger partial charge is 0.150 e. The molecule has 116 valence electrons. The van der Waals surface area contributed by atoms with Crippen LogP contribution in [0.2, 0.25) is 0 Å². The molecule has 1 aromatic rings. The monoisotopic (exact) mass is 292 g/mol. The van der Waals surface area contributed by atoms with Gasteiger partial charge in [0.2, 0.25) is 0 Å². The fourth-order valence-corrected chi connectivity index (χ4v) is 2.44. The van der Waals surface area contributed by atoms with Crippen molar-refractivity contribution in [1.82, 2.24) is 9.80 Å². The molecule has 1 heterocycles. The van der Waals surface area contributed by atoms with Crippen molar-refractivity contribution in [2.24, 2.45) is 0 Å². The van der Waals surface area contributed by atoms with Crippen LogP contribution in [0.1, 0.15) is 15.9 Å². The quantitative estimate of drug-likeness (QED) is 0.708. The van der Waals surface area contributed by atoms with E-state index in [2.05, 4.69) is 16.8 Å². The Kier molecular flexibility index (Phi) is 6.17. The zero-order chi connectivity index (χ0) is 15.1. The van der Waals surface area contributed by atoms with E-state index in [1.807, 2.05) is 12.1 Å². The van der Waals surface area contributed by atoms with Crippen molar-refractivity contribution in [3.8, 4) is 5.75 Å². The summed E-state index contributed by atoms with van der Waals surface area (Å²) in [6.45, 7) is 6.44. The number of benzene rings is 1. The Labute approximate surface area is 126 Å². The molecule has 1 aliphatic rings. The molecular weight excluding hydrogens is 268 g/mol. The number of likely N-dealkylation sites (N-methyl/N-ethyl adjacent to an activating group) is 1. The molecule has 21 heavy (non-hydrogen) atoms. The van der Waals surface area contributed by atoms with Crippen molar-refractivity contribution in [3.63, 3.8) is 0 Å². The van der Waals surface area contributed by atoms with Gasteiger partial charge < -0.3 is 14.4 Å². The summed E-state index contributed by atoms with van der Waals surface area (Å²) in [5, 5.41) is 0. The van der Waals surface area contributed by atoms with Gasteiger partial charge in [0.1, 0.15) is 18.6 Å². The number of piperazine rings is 1. The van der Waals surface area contributed by atoms with Crippen molar-refractivity contribution in [2.75, 3.05) is 53.5 Å². The van der Waals surface area contributed by atoms with Crippen molar-refractivity contribution in [3.05, 3.63) is 29.3 Å². The Hall–Kier alpha value is -1.43. The molecule has 1 fully saturated rings. The Morgan fingerprint density at radius 2 is 2.00 bits per heavy atom. The fourth-order valence-electron chi connectivity index (χ4n) is 2.44. The third kappa shape index (κ3) is 4.81. The number of rotatable bonds is 7. The molecule has 0 aliphatic carbocycles. The van der Waals surface area contributed by atoms with Crippen LogP contribution in [0.5, 0.6) is 5.75 Å². The lowest BCUT2D eigenvalue weighted by atomic mass is 10.1. The van der Waals surface area contributed by atoms with E-state index in [1.165, 1.54) is 0 Å². The average molecular weight is 292 g/mol. The van der Waals surface area contributed by atoms with Gasteiger partial charge in [0.25, 0.3) is 0 Å². The van der Waals surface area contributed by atoms with Gasteiger partial charge in [0, 0.05) is 51.0 Å². The molecule has 2 rings (SSSR count). The lowest BCUT2D eigenvalue weighted by molar-refractivity contribution is 0.112. The van der Waals surface area contributed by atoms with Crippen LogP contribution in [0, 0.1) is 0 Å². The first-order chi connectivity index (χ1) is 10.2. The minimum Gasteiger partial charge on any atom is -0.492 e. The summed E-state index contributed by atoms with van der Waals surface area (Å²) in [6.07, 6.45) is 0.840. The molecule has 0 spiro atoms. The fraction of sp³-hybridized carbons (Fsp3) is 0.562. The highest BCUT2D eigenvalue weighted by atomic mass is 16.5. The largest absolute Gasteiger partial charge is 0.492 e. The average Bonchev–Trinajstić information content (AvgIpc) is 2.51. The summed E-state index contributed by atoms with van der Waals surface area (Å²) >= 11 is 0. The third-order valence-electron chi connectivity index (χ3n) is 3.78. The molecule has 0 saturated carbocycles. The number of methoxy groups -OCH3 is 1. The second kappa shape index (κ2) is 8.12. The van der Waals surface area contributed by atoms with Crippen molar-refractivity contribution >= 4 is 6.29 Å². The standard InChI is InChI=1S/C16H24N2O3/c1-17-5-7-18(8-6-17)9-10-21-16-4-3-14(12-19)11-15(16)13-20-2/h3-4,11-12H,5-10,13H2,1-2H3. The molecule has 0 radical (unpaired) electrons. The molecule has 0 aromatic heterocycles. The molecule has 0 atom stereocenters. The first-order valence-corrected chi connectivity index (χ1v) is 7.33. The number of hydrogen-bond donors (Lipinski definition) is 0. The molecule has 0 unspecified atom stereocenters. The molecule has 1 aliphatic heterocycles. The van der Waals surface area contributed by atoms with Crippen LogP contribution in [0.15, 0.2) is 18.2 Å². The van der Waals surface area contributed by atoms with Gasteiger partial charge in [-0.2, -0.15) is 0 Å². The highest BCUT2D eigenvalue weighted by molar-refractivity contribution is 5.75. The number of carbonyl (C=O) groups is 1. The molecule has 0 amide bonds. The minimum absolute atomic E-state index is 0.450. The van der Waals surface area contributed by atoms with Gasteiger partial charge in [-0.1, -0.05) is 0 Å². The first-order valence-electron chi connectivity index (χ1n) is 7.33. The SMILES string of the molecule is COCc1cc(C=O)ccc1OCCN1CCN(C)CC1. The molecule has 0 bridgehead atoms. The van der Waals surface area contributed by atoms with Gasteiger partial charge in [0.15, 0.2) is 0 Å². The molecule has 1 aromatic carbocycles. The lowest BCUT2D eigenvalue weighted by Gasteiger charge is -2.32. The topological polar surface area (TPSA) is 42.0 Å². The number of hydrogen-bond acceptors (Lipinski definition) is 5. The van der Waals surface area contributed by atoms with Gasteiger partial charge in [-0.25, -0.2) is 0 Å². The number of nitrogens with zero attached hydrogens (tertiary/aromatic N) is 2. The number of aldehydes is 1. The maximum atomic E-state index is 10.8. The van der Waals surface area contributed by atoms with Crippen LogP contribution in [-0.2, 0) is 11.3 Å². The minimum atomic E-state index is 0.450. The van der Waals surface area contributed by atoms with E-state index in [9.17, 15) is 4.79 Å². The van der Waals surface area contributed by atoms with E-state index >= 15 is 0 Å². The summed E-state index contributed by atoms with van der Waals surface area (Å²) in [7, 11) is 3.79. The van der Waals surface area contributed by atoms with Gasteiger partial charge in [-0.15, -0.1) is 0 Å². The summed E-state index contributed by atoms with van der Waals surface area (Å²) in [4.78, 5) is 15.6. The second-order valence-electron chi connectivity index (χ2n) is 5.41. The van der Waals surface area contributed by atoms with Crippen LogP contribution in [0.25, 0.3) is 0 Å². The molecule has 5 heteroatoms. The van der Waals surface area contributed by atoms with Crippen LogP contribution >= 0.6 is 0 Å². The van der Waals surface area contributed by atoms with Gasteiger partial charge in [0.05, 0.1) is 6.61 Å². The van der Waals surface area contributed by atoms with E-state index < -0.39 is 0 Å². The van der Waals surface area contributed by atoms with E-state index in [0.29, 0.717) is 18.8 Å². The van der Waals surface area contributed by atoms with Crippen molar-refractivity contribution in [2.45, 2.75) is 6.61 Å². The maximum absolute atomic E-state index is 10.8. The van der Waals surface area contributed by atoms with Crippen molar-refractivity contribution < 1.29 is 14.3 Å². The Bertz CT molecular complexity index is 457. The van der Waals surface area contributed by atoms with Crippen molar-refractivity contribution in [1.29, 1.82) is 0 Å². The van der Waals surface area contributed by atoms with Crippen LogP contribution < -0.4 is 4.74 Å². The Morgan fingerprint density at radius 3 is 2.67 bits per heavy atom. The maximum Gasteiger partial charge on any atom is 0.150 e. The summed E-state index contributed by atoms with van der Waals surface area (Å²) < 4.78 is 11.0. The zero-order valence-corrected chi connectivity index (χ0v) is 12.9. The summed E-state index contributed by atoms with van der Waals surface area (Å²) in [6, 6.07) is 5.45. The van der Waals surface area contributed by atoms with E-state index in [0.717, 1.165) is 50.3 Å². The predicted molar refractivity (Wildman–Crippen MR) is 82.0 cm³/mol. The molecule has 5 nitrogen and oxygen atoms in total. The summed E-state index contributed by atoms with van der Waals surface area (Å²) in [5.74, 6) is 0.802. The highest BCUT2D eigenvalue weighted by Crippen LogP contribution is 2.20. The first kappa shape index (κ1) is 15.9. The second-order valence-corrected chi connectivity index (χ2v) is 5.41.